The van der Waals surface area contributed by atoms with Crippen molar-refractivity contribution in [3.63, 3.8) is 0 Å². The van der Waals surface area contributed by atoms with Gasteiger partial charge in [0.15, 0.2) is 0 Å². The van der Waals surface area contributed by atoms with Gasteiger partial charge >= 0.3 is 0 Å². The summed E-state index contributed by atoms with van der Waals surface area (Å²) in [6.45, 7) is 1.77. The summed E-state index contributed by atoms with van der Waals surface area (Å²) in [7, 11) is 3.96. The fraction of sp³-hybridized carbons (Fsp3) is 0.435. The molecule has 0 radical (unpaired) electrons. The number of fused-ring (bicyclic) bond motifs is 1. The van der Waals surface area contributed by atoms with Gasteiger partial charge in [-0.15, -0.1) is 0 Å². The molecule has 4 nitrogen and oxygen atoms in total. The molecule has 1 amide bonds. The first kappa shape index (κ1) is 18.9. The Bertz CT molecular complexity index is 861. The van der Waals surface area contributed by atoms with Gasteiger partial charge in [-0.2, -0.15) is 0 Å². The first-order valence-electron chi connectivity index (χ1n) is 9.94. The molecule has 0 bridgehead atoms. The molecule has 1 heterocycles. The molecule has 2 aromatic carbocycles. The Balaban J connectivity index is 1.46. The molecule has 2 aromatic rings. The molecule has 5 heteroatoms. The fourth-order valence-corrected chi connectivity index (χ4v) is 4.61. The number of hydrogen-bond donors (Lipinski definition) is 0. The highest BCUT2D eigenvalue weighted by atomic mass is 19.1. The molecule has 148 valence electrons. The molecule has 1 aliphatic heterocycles. The average molecular weight is 382 g/mol. The lowest BCUT2D eigenvalue weighted by molar-refractivity contribution is -0.00842. The summed E-state index contributed by atoms with van der Waals surface area (Å²) >= 11 is 0. The molecule has 4 rings (SSSR count). The minimum atomic E-state index is -0.379. The van der Waals surface area contributed by atoms with E-state index in [9.17, 15) is 9.18 Å². The zero-order chi connectivity index (χ0) is 19.7. The minimum absolute atomic E-state index is 0.121. The van der Waals surface area contributed by atoms with Crippen LogP contribution in [-0.2, 0) is 6.54 Å². The lowest BCUT2D eigenvalue weighted by Gasteiger charge is -2.43. The zero-order valence-corrected chi connectivity index (χ0v) is 16.5. The lowest BCUT2D eigenvalue weighted by atomic mass is 9.81. The van der Waals surface area contributed by atoms with Gasteiger partial charge in [-0.05, 0) is 57.0 Å². The van der Waals surface area contributed by atoms with Crippen molar-refractivity contribution < 1.29 is 13.9 Å². The van der Waals surface area contributed by atoms with E-state index in [1.165, 1.54) is 17.7 Å². The Kier molecular flexibility index (Phi) is 5.11. The van der Waals surface area contributed by atoms with Crippen molar-refractivity contribution in [1.29, 1.82) is 0 Å². The number of nitrogens with zero attached hydrogens (tertiary/aromatic N) is 2. The van der Waals surface area contributed by atoms with Crippen LogP contribution in [-0.4, -0.2) is 48.0 Å². The van der Waals surface area contributed by atoms with Crippen LogP contribution in [0.15, 0.2) is 48.5 Å². The van der Waals surface area contributed by atoms with Crippen LogP contribution in [0.5, 0.6) is 5.75 Å². The van der Waals surface area contributed by atoms with E-state index in [0.717, 1.165) is 44.5 Å². The summed E-state index contributed by atoms with van der Waals surface area (Å²) in [6.07, 6.45) is 3.56. The molecule has 0 aromatic heterocycles. The van der Waals surface area contributed by atoms with E-state index in [1.54, 1.807) is 17.0 Å². The van der Waals surface area contributed by atoms with Crippen molar-refractivity contribution in [1.82, 2.24) is 9.80 Å². The van der Waals surface area contributed by atoms with Crippen molar-refractivity contribution in [2.45, 2.75) is 43.9 Å². The number of likely N-dealkylation sites (N-methyl/N-ethyl adjacent to an activating group) is 1. The van der Waals surface area contributed by atoms with E-state index in [2.05, 4.69) is 30.1 Å². The number of rotatable bonds is 2. The Labute approximate surface area is 165 Å². The standard InChI is InChI=1S/C23H27FN2O2/c1-25-15-18-6-3-4-9-21(18)28-23(16-25)12-10-20(11-13-23)26(2)22(27)17-7-5-8-19(24)14-17/h3-9,14,20H,10-13,15-16H2,1-2H3. The maximum atomic E-state index is 13.5. The van der Waals surface area contributed by atoms with Crippen LogP contribution < -0.4 is 4.74 Å². The SMILES string of the molecule is CN1Cc2ccccc2OC2(CCC(N(C)C(=O)c3cccc(F)c3)CC2)C1. The normalized spacial score (nSPS) is 24.9. The van der Waals surface area contributed by atoms with Crippen molar-refractivity contribution >= 4 is 5.91 Å². The van der Waals surface area contributed by atoms with Crippen LogP contribution in [0.1, 0.15) is 41.6 Å². The number of ether oxygens (including phenoxy) is 1. The van der Waals surface area contributed by atoms with Crippen molar-refractivity contribution in [3.8, 4) is 5.75 Å². The molecule has 2 aliphatic rings. The number of benzene rings is 2. The Morgan fingerprint density at radius 2 is 1.93 bits per heavy atom. The molecule has 1 aliphatic carbocycles. The van der Waals surface area contributed by atoms with Gasteiger partial charge in [0, 0.05) is 37.3 Å². The first-order chi connectivity index (χ1) is 13.5. The van der Waals surface area contributed by atoms with Gasteiger partial charge in [0.1, 0.15) is 17.2 Å². The minimum Gasteiger partial charge on any atom is -0.486 e. The molecule has 28 heavy (non-hydrogen) atoms. The topological polar surface area (TPSA) is 32.8 Å². The molecule has 1 saturated carbocycles. The van der Waals surface area contributed by atoms with Gasteiger partial charge < -0.3 is 9.64 Å². The van der Waals surface area contributed by atoms with Crippen LogP contribution in [0.2, 0.25) is 0 Å². The van der Waals surface area contributed by atoms with Crippen LogP contribution in [0, 0.1) is 5.82 Å². The Morgan fingerprint density at radius 3 is 2.68 bits per heavy atom. The Hall–Kier alpha value is -2.40. The Morgan fingerprint density at radius 1 is 1.18 bits per heavy atom. The third-order valence-electron chi connectivity index (χ3n) is 6.10. The average Bonchev–Trinajstić information content (AvgIpc) is 2.82. The summed E-state index contributed by atoms with van der Waals surface area (Å²) in [5, 5.41) is 0. The second-order valence-corrected chi connectivity index (χ2v) is 8.22. The van der Waals surface area contributed by atoms with E-state index in [4.69, 9.17) is 4.74 Å². The quantitative estimate of drug-likeness (QED) is 0.784. The number of carbonyl (C=O) groups is 1. The maximum Gasteiger partial charge on any atom is 0.253 e. The zero-order valence-electron chi connectivity index (χ0n) is 16.5. The van der Waals surface area contributed by atoms with Crippen LogP contribution in [0.3, 0.4) is 0 Å². The summed E-state index contributed by atoms with van der Waals surface area (Å²) in [5.74, 6) is 0.481. The van der Waals surface area contributed by atoms with Crippen LogP contribution >= 0.6 is 0 Å². The monoisotopic (exact) mass is 382 g/mol. The lowest BCUT2D eigenvalue weighted by Crippen LogP contribution is -2.51. The van der Waals surface area contributed by atoms with Crippen molar-refractivity contribution in [2.24, 2.45) is 0 Å². The largest absolute Gasteiger partial charge is 0.486 e. The van der Waals surface area contributed by atoms with Gasteiger partial charge in [-0.3, -0.25) is 9.69 Å². The predicted octanol–water partition coefficient (Wildman–Crippen LogP) is 4.10. The number of amides is 1. The highest BCUT2D eigenvalue weighted by Crippen LogP contribution is 2.39. The highest BCUT2D eigenvalue weighted by molar-refractivity contribution is 5.94. The number of para-hydroxylation sites is 1. The molecule has 0 saturated heterocycles. The van der Waals surface area contributed by atoms with E-state index in [0.29, 0.717) is 5.56 Å². The molecule has 0 N–H and O–H groups in total. The van der Waals surface area contributed by atoms with E-state index in [-0.39, 0.29) is 23.4 Å². The molecule has 0 unspecified atom stereocenters. The van der Waals surface area contributed by atoms with Crippen LogP contribution in [0.25, 0.3) is 0 Å². The third kappa shape index (κ3) is 3.76. The number of hydrogen-bond acceptors (Lipinski definition) is 3. The maximum absolute atomic E-state index is 13.5. The molecule has 1 fully saturated rings. The number of halogens is 1. The smallest absolute Gasteiger partial charge is 0.253 e. The summed E-state index contributed by atoms with van der Waals surface area (Å²) < 4.78 is 20.0. The second kappa shape index (κ2) is 7.55. The summed E-state index contributed by atoms with van der Waals surface area (Å²) in [4.78, 5) is 16.9. The van der Waals surface area contributed by atoms with Gasteiger partial charge in [-0.1, -0.05) is 24.3 Å². The van der Waals surface area contributed by atoms with E-state index >= 15 is 0 Å². The van der Waals surface area contributed by atoms with Gasteiger partial charge in [0.05, 0.1) is 0 Å². The van der Waals surface area contributed by atoms with Gasteiger partial charge in [-0.25, -0.2) is 4.39 Å². The molecular weight excluding hydrogens is 355 g/mol. The van der Waals surface area contributed by atoms with E-state index < -0.39 is 0 Å². The summed E-state index contributed by atoms with van der Waals surface area (Å²) in [5.41, 5.74) is 1.42. The molecular formula is C23H27FN2O2. The van der Waals surface area contributed by atoms with E-state index in [1.807, 2.05) is 13.1 Å². The molecule has 1 spiro atoms. The highest BCUT2D eigenvalue weighted by Gasteiger charge is 2.41. The van der Waals surface area contributed by atoms with Gasteiger partial charge in [0.25, 0.3) is 5.91 Å². The summed E-state index contributed by atoms with van der Waals surface area (Å²) in [6, 6.07) is 14.3. The number of carbonyl (C=O) groups excluding carboxylic acids is 1. The predicted molar refractivity (Wildman–Crippen MR) is 107 cm³/mol. The van der Waals surface area contributed by atoms with Crippen LogP contribution in [0.4, 0.5) is 4.39 Å². The molecule has 0 atom stereocenters. The van der Waals surface area contributed by atoms with Crippen molar-refractivity contribution in [3.05, 3.63) is 65.5 Å². The fourth-order valence-electron chi connectivity index (χ4n) is 4.61. The van der Waals surface area contributed by atoms with Crippen molar-refractivity contribution in [2.75, 3.05) is 20.6 Å². The third-order valence-corrected chi connectivity index (χ3v) is 6.10. The van der Waals surface area contributed by atoms with Gasteiger partial charge in [0.2, 0.25) is 0 Å². The second-order valence-electron chi connectivity index (χ2n) is 8.22. The first-order valence-corrected chi connectivity index (χ1v) is 9.94.